The number of carbonyl (C=O) groups is 1. The summed E-state index contributed by atoms with van der Waals surface area (Å²) in [6.45, 7) is 6.01. The molecule has 1 heterocycles. The van der Waals surface area contributed by atoms with E-state index < -0.39 is 0 Å². The molecule has 0 atom stereocenters. The van der Waals surface area contributed by atoms with Gasteiger partial charge < -0.3 is 5.32 Å². The van der Waals surface area contributed by atoms with Gasteiger partial charge in [-0.25, -0.2) is 0 Å². The number of benzene rings is 2. The normalized spacial score (nSPS) is 10.7. The first-order chi connectivity index (χ1) is 14.1. The molecule has 1 amide bonds. The predicted molar refractivity (Wildman–Crippen MR) is 118 cm³/mol. The molecule has 3 rings (SSSR count). The van der Waals surface area contributed by atoms with E-state index in [0.29, 0.717) is 31.0 Å². The highest BCUT2D eigenvalue weighted by molar-refractivity contribution is 7.98. The molecule has 7 heteroatoms. The zero-order valence-electron chi connectivity index (χ0n) is 16.3. The maximum absolute atomic E-state index is 12.0. The number of allylic oxidation sites excluding steroid dienone is 1. The molecule has 1 N–H and O–H groups in total. The number of nitrogens with one attached hydrogen (secondary N) is 1. The highest BCUT2D eigenvalue weighted by Gasteiger charge is 2.17. The van der Waals surface area contributed by atoms with Gasteiger partial charge in [0.05, 0.1) is 12.2 Å². The zero-order valence-corrected chi connectivity index (χ0v) is 17.8. The van der Waals surface area contributed by atoms with Crippen LogP contribution in [-0.2, 0) is 17.1 Å². The van der Waals surface area contributed by atoms with Crippen molar-refractivity contribution in [3.05, 3.63) is 83.2 Å². The number of rotatable bonds is 9. The molecule has 0 aliphatic rings. The molecule has 0 bridgehead atoms. The molecule has 3 aromatic rings. The van der Waals surface area contributed by atoms with E-state index in [-0.39, 0.29) is 5.91 Å². The second-order valence-electron chi connectivity index (χ2n) is 6.50. The van der Waals surface area contributed by atoms with E-state index in [1.807, 2.05) is 60.0 Å². The summed E-state index contributed by atoms with van der Waals surface area (Å²) in [4.78, 5) is 12.0. The van der Waals surface area contributed by atoms with Gasteiger partial charge in [0.1, 0.15) is 0 Å². The van der Waals surface area contributed by atoms with E-state index in [4.69, 9.17) is 11.6 Å². The number of amides is 1. The van der Waals surface area contributed by atoms with Crippen molar-refractivity contribution in [3.8, 4) is 5.69 Å². The fourth-order valence-corrected chi connectivity index (χ4v) is 4.07. The molecule has 0 saturated carbocycles. The fraction of sp³-hybridized carbons (Fsp3) is 0.227. The number of hydrogen-bond acceptors (Lipinski definition) is 4. The Morgan fingerprint density at radius 2 is 1.97 bits per heavy atom. The Bertz CT molecular complexity index is 1000. The second kappa shape index (κ2) is 10.3. The van der Waals surface area contributed by atoms with Crippen molar-refractivity contribution in [2.45, 2.75) is 37.2 Å². The average molecular weight is 427 g/mol. The first-order valence-electron chi connectivity index (χ1n) is 9.34. The Labute approximate surface area is 180 Å². The van der Waals surface area contributed by atoms with Gasteiger partial charge in [-0.3, -0.25) is 9.36 Å². The average Bonchev–Trinajstić information content (AvgIpc) is 3.13. The molecule has 5 nitrogen and oxygen atoms in total. The molecule has 0 radical (unpaired) electrons. The van der Waals surface area contributed by atoms with Crippen LogP contribution in [-0.4, -0.2) is 20.7 Å². The van der Waals surface area contributed by atoms with Crippen molar-refractivity contribution in [2.24, 2.45) is 0 Å². The Balaban J connectivity index is 1.85. The minimum absolute atomic E-state index is 0.0329. The van der Waals surface area contributed by atoms with E-state index in [2.05, 4.69) is 22.1 Å². The summed E-state index contributed by atoms with van der Waals surface area (Å²) < 4.78 is 2.00. The van der Waals surface area contributed by atoms with E-state index >= 15 is 0 Å². The van der Waals surface area contributed by atoms with Crippen LogP contribution < -0.4 is 5.32 Å². The first-order valence-corrected chi connectivity index (χ1v) is 10.7. The lowest BCUT2D eigenvalue weighted by Crippen LogP contribution is -2.24. The van der Waals surface area contributed by atoms with Gasteiger partial charge in [0, 0.05) is 17.2 Å². The number of carbonyl (C=O) groups excluding carboxylic acids is 1. The minimum atomic E-state index is -0.0329. The molecule has 0 saturated heterocycles. The lowest BCUT2D eigenvalue weighted by Gasteiger charge is -2.13. The van der Waals surface area contributed by atoms with Gasteiger partial charge in [0.2, 0.25) is 5.91 Å². The Hall–Kier alpha value is -2.57. The van der Waals surface area contributed by atoms with Crippen molar-refractivity contribution in [1.82, 2.24) is 20.1 Å². The quantitative estimate of drug-likeness (QED) is 0.381. The molecule has 150 valence electrons. The van der Waals surface area contributed by atoms with E-state index in [9.17, 15) is 4.79 Å². The van der Waals surface area contributed by atoms with Gasteiger partial charge in [-0.15, -0.1) is 16.8 Å². The van der Waals surface area contributed by atoms with Crippen LogP contribution >= 0.6 is 23.4 Å². The number of para-hydroxylation sites is 1. The summed E-state index contributed by atoms with van der Waals surface area (Å²) >= 11 is 7.86. The van der Waals surface area contributed by atoms with Crippen LogP contribution in [0.2, 0.25) is 5.02 Å². The van der Waals surface area contributed by atoms with Gasteiger partial charge >= 0.3 is 0 Å². The summed E-state index contributed by atoms with van der Waals surface area (Å²) in [6.07, 6.45) is 2.80. The topological polar surface area (TPSA) is 59.8 Å². The lowest BCUT2D eigenvalue weighted by molar-refractivity contribution is -0.121. The Morgan fingerprint density at radius 1 is 1.21 bits per heavy atom. The molecule has 1 aromatic heterocycles. The molecular formula is C22H23ClN4OS. The van der Waals surface area contributed by atoms with Crippen LogP contribution in [0.4, 0.5) is 0 Å². The SMILES string of the molecule is C=CCCC(=O)NCc1nnc(SCc2ccccc2Cl)n1-c1ccccc1C. The van der Waals surface area contributed by atoms with Gasteiger partial charge in [-0.05, 0) is 36.6 Å². The number of nitrogens with zero attached hydrogens (tertiary/aromatic N) is 3. The van der Waals surface area contributed by atoms with Crippen molar-refractivity contribution >= 4 is 29.3 Å². The summed E-state index contributed by atoms with van der Waals surface area (Å²) in [6, 6.07) is 15.8. The van der Waals surface area contributed by atoms with Gasteiger partial charge in [0.25, 0.3) is 0 Å². The number of halogens is 1. The second-order valence-corrected chi connectivity index (χ2v) is 7.85. The van der Waals surface area contributed by atoms with Crippen molar-refractivity contribution < 1.29 is 4.79 Å². The van der Waals surface area contributed by atoms with Crippen LogP contribution in [0.5, 0.6) is 0 Å². The predicted octanol–water partition coefficient (Wildman–Crippen LogP) is 5.10. The molecule has 0 fully saturated rings. The Morgan fingerprint density at radius 3 is 2.72 bits per heavy atom. The van der Waals surface area contributed by atoms with E-state index in [0.717, 1.165) is 27.0 Å². The van der Waals surface area contributed by atoms with Gasteiger partial charge in [-0.2, -0.15) is 0 Å². The number of hydrogen-bond donors (Lipinski definition) is 1. The number of thioether (sulfide) groups is 1. The standard InChI is InChI=1S/C22H23ClN4OS/c1-3-4-13-21(28)24-14-20-25-26-22(27(20)19-12-8-5-9-16(19)2)29-15-17-10-6-7-11-18(17)23/h3,5-12H,1,4,13-15H2,2H3,(H,24,28). The third-order valence-corrected chi connectivity index (χ3v) is 5.74. The van der Waals surface area contributed by atoms with Crippen molar-refractivity contribution in [2.75, 3.05) is 0 Å². The molecule has 0 aliphatic heterocycles. The number of aromatic nitrogens is 3. The summed E-state index contributed by atoms with van der Waals surface area (Å²) in [7, 11) is 0. The van der Waals surface area contributed by atoms with E-state index in [1.54, 1.807) is 17.8 Å². The van der Waals surface area contributed by atoms with Crippen LogP contribution in [0.15, 0.2) is 66.3 Å². The summed E-state index contributed by atoms with van der Waals surface area (Å²) in [5.74, 6) is 1.33. The Kier molecular flexibility index (Phi) is 7.49. The highest BCUT2D eigenvalue weighted by Crippen LogP contribution is 2.29. The monoisotopic (exact) mass is 426 g/mol. The maximum atomic E-state index is 12.0. The van der Waals surface area contributed by atoms with Crippen LogP contribution in [0, 0.1) is 6.92 Å². The van der Waals surface area contributed by atoms with E-state index in [1.165, 1.54) is 0 Å². The smallest absolute Gasteiger partial charge is 0.220 e. The zero-order chi connectivity index (χ0) is 20.6. The third-order valence-electron chi connectivity index (χ3n) is 4.39. The van der Waals surface area contributed by atoms with Crippen LogP contribution in [0.1, 0.15) is 29.8 Å². The molecule has 0 unspecified atom stereocenters. The largest absolute Gasteiger partial charge is 0.349 e. The molecule has 29 heavy (non-hydrogen) atoms. The fourth-order valence-electron chi connectivity index (χ4n) is 2.82. The van der Waals surface area contributed by atoms with Crippen molar-refractivity contribution in [1.29, 1.82) is 0 Å². The first kappa shape index (κ1) is 21.1. The maximum Gasteiger partial charge on any atom is 0.220 e. The van der Waals surface area contributed by atoms with Crippen molar-refractivity contribution in [3.63, 3.8) is 0 Å². The molecule has 0 aliphatic carbocycles. The molecule has 2 aromatic carbocycles. The van der Waals surface area contributed by atoms with Gasteiger partial charge in [-0.1, -0.05) is 65.8 Å². The third kappa shape index (κ3) is 5.49. The highest BCUT2D eigenvalue weighted by atomic mass is 35.5. The summed E-state index contributed by atoms with van der Waals surface area (Å²) in [5, 5.41) is 13.1. The molecule has 0 spiro atoms. The summed E-state index contributed by atoms with van der Waals surface area (Å²) in [5.41, 5.74) is 3.14. The van der Waals surface area contributed by atoms with Crippen LogP contribution in [0.25, 0.3) is 5.69 Å². The minimum Gasteiger partial charge on any atom is -0.349 e. The van der Waals surface area contributed by atoms with Gasteiger partial charge in [0.15, 0.2) is 11.0 Å². The molecular weight excluding hydrogens is 404 g/mol. The van der Waals surface area contributed by atoms with Crippen LogP contribution in [0.3, 0.4) is 0 Å². The number of aryl methyl sites for hydroxylation is 1. The lowest BCUT2D eigenvalue weighted by atomic mass is 10.2.